The Morgan fingerprint density at radius 2 is 1.23 bits per heavy atom. The first kappa shape index (κ1) is 104. The molecule has 758 valence electrons. The molecule has 2 atom stereocenters. The Morgan fingerprint density at radius 3 is 1.95 bits per heavy atom. The van der Waals surface area contributed by atoms with Crippen molar-refractivity contribution >= 4 is 111 Å². The number of unbranched alkanes of at least 4 members (excludes halogenated alkanes) is 6. The van der Waals surface area contributed by atoms with Crippen LogP contribution in [0.25, 0.3) is 33.4 Å². The van der Waals surface area contributed by atoms with Crippen molar-refractivity contribution in [2.75, 3.05) is 75.3 Å². The first-order chi connectivity index (χ1) is 69.6. The lowest BCUT2D eigenvalue weighted by molar-refractivity contribution is -0.433. The van der Waals surface area contributed by atoms with Crippen LogP contribution in [0.1, 0.15) is 162 Å². The second-order valence-corrected chi connectivity index (χ2v) is 42.8. The van der Waals surface area contributed by atoms with Gasteiger partial charge in [-0.25, -0.2) is 22.0 Å². The molecule has 7 N–H and O–H groups in total. The van der Waals surface area contributed by atoms with Crippen molar-refractivity contribution in [2.24, 2.45) is 5.92 Å². The number of sulfonamides is 1. The number of para-hydroxylation sites is 2. The van der Waals surface area contributed by atoms with Crippen LogP contribution < -0.4 is 51.1 Å². The number of piperidine rings is 1. The van der Waals surface area contributed by atoms with Crippen molar-refractivity contribution in [1.29, 1.82) is 0 Å². The molecule has 0 bridgehead atoms. The fourth-order valence-electron chi connectivity index (χ4n) is 20.2. The van der Waals surface area contributed by atoms with E-state index in [-0.39, 0.29) is 117 Å². The Morgan fingerprint density at radius 1 is 0.579 bits per heavy atom. The standard InChI is InChI=1S/C111H116F4N10O17S3/c1-6-122-90-51-47-79(144(134,135)136)68-84(90)110(2,3)96(122)42-17-11-18-43-97-111(4,5)85-69-80(145(137,138)139)48-52-91(85)125(97)60-30-12-19-44-98(127)116-57-29-26-38-86(119-107(129)87(65-72-31-13-9-14-32-72)120-109(131)141-70-73-33-15-10-16-34-73)92(126)71-140-105-103(114)101(112)100(102(113)104(105)115)108(130)118-59-28-8-7-27-58-117-106(128)76-53-61-121(62-54-76)143(132,133)95-41-25-22-37-83(95)99-81-49-45-77(123-63-55-74-35-20-23-39-88(74)123)66-93(81)142-94-67-78(46-50-82(94)99)124-64-56-75-36-21-24-40-89(75)124/h9-11,13-18,20-25,31-37,39-43,45-52,66-69,76,86-87H,6-8,12,19,26-30,38,44,53-65,70-71H2,1-5H3,(H5-2,116,117,118,119,120,127,128,129,130,131,134,135,136,137,138,139)/p+2/t86-,87-/m0/s1. The molecule has 6 aliphatic heterocycles. The number of benzene rings is 10. The number of carbonyl (C=O) groups excluding carboxylic acids is 6. The molecule has 9 aromatic rings. The molecular weight excluding hydrogens is 1920 g/mol. The highest BCUT2D eigenvalue weighted by atomic mass is 32.2. The second kappa shape index (κ2) is 45.3. The first-order valence-electron chi connectivity index (χ1n) is 49.1. The Labute approximate surface area is 841 Å². The van der Waals surface area contributed by atoms with Gasteiger partial charge in [0, 0.05) is 163 Å². The van der Waals surface area contributed by atoms with Crippen LogP contribution in [0.15, 0.2) is 261 Å². The number of hydrogen-bond acceptors (Lipinski definition) is 17. The number of fused-ring (bicyclic) bond motifs is 6. The predicted molar refractivity (Wildman–Crippen MR) is 546 cm³/mol. The highest BCUT2D eigenvalue weighted by molar-refractivity contribution is 7.89. The molecule has 0 spiro atoms. The molecule has 1 saturated heterocycles. The molecule has 1 aliphatic carbocycles. The van der Waals surface area contributed by atoms with Gasteiger partial charge in [0.05, 0.1) is 32.2 Å². The number of ketones is 1. The number of hydrogen-bond donors (Lipinski definition) is 7. The van der Waals surface area contributed by atoms with E-state index < -0.39 is 124 Å². The lowest BCUT2D eigenvalue weighted by Crippen LogP contribution is -2.53. The zero-order valence-corrected chi connectivity index (χ0v) is 83.8. The van der Waals surface area contributed by atoms with E-state index in [1.807, 2.05) is 126 Å². The SMILES string of the molecule is CC[N+]1=C(/C=C/C=C/C=C2\N(CCCCCC(=O)NCCCC[C@H](NC(=O)[C@H](Cc3ccccc3)NC(=O)OCc3ccccc3)C(=O)COc3c(F)c(F)c(C(=O)NCCCCCCNC(=O)C4CCN(S(=O)(=O)c5ccccc5-c5c6ccc(=[N+]7CCc8ccccc87)cc-6oc6cc(N7CCc8ccccc87)ccc56)CC4)c(F)c3F)c3ccc(S(=O)(=O)O)cc3C2(C)C)C(C)(C)c2cc(S(=O)(=O)O)ccc21. The summed E-state index contributed by atoms with van der Waals surface area (Å²) < 4.78 is 187. The summed E-state index contributed by atoms with van der Waals surface area (Å²) in [6.45, 7) is 11.3. The monoisotopic (exact) mass is 2030 g/mol. The number of nitrogens with zero attached hydrogens (tertiary/aromatic N) is 5. The van der Waals surface area contributed by atoms with E-state index in [0.29, 0.717) is 90.8 Å². The summed E-state index contributed by atoms with van der Waals surface area (Å²) in [5.41, 5.74) is 11.2. The van der Waals surface area contributed by atoms with E-state index in [2.05, 4.69) is 81.9 Å². The van der Waals surface area contributed by atoms with Crippen LogP contribution in [0, 0.1) is 29.2 Å². The molecule has 0 aromatic heterocycles. The Hall–Kier alpha value is -13.8. The number of ether oxygens (including phenoxy) is 2. The molecule has 27 nitrogen and oxygen atoms in total. The maximum absolute atomic E-state index is 16.1. The fourth-order valence-corrected chi connectivity index (χ4v) is 22.9. The fraction of sp³-hybridized carbons (Fsp3) is 0.333. The normalized spacial score (nSPS) is 16.2. The van der Waals surface area contributed by atoms with E-state index in [9.17, 15) is 54.7 Å². The third-order valence-corrected chi connectivity index (χ3v) is 31.5. The lowest BCUT2D eigenvalue weighted by atomic mass is 9.81. The second-order valence-electron chi connectivity index (χ2n) is 38.1. The molecule has 0 saturated carbocycles. The van der Waals surface area contributed by atoms with Crippen molar-refractivity contribution in [3.05, 3.63) is 310 Å². The van der Waals surface area contributed by atoms with Gasteiger partial charge in [-0.05, 0) is 174 Å². The van der Waals surface area contributed by atoms with Gasteiger partial charge >= 0.3 is 6.09 Å². The van der Waals surface area contributed by atoms with E-state index in [4.69, 9.17) is 13.9 Å². The minimum absolute atomic E-state index is 0.0902. The summed E-state index contributed by atoms with van der Waals surface area (Å²) in [5.74, 6) is -14.0. The van der Waals surface area contributed by atoms with E-state index in [1.54, 1.807) is 84.9 Å². The van der Waals surface area contributed by atoms with Crippen molar-refractivity contribution in [3.63, 3.8) is 0 Å². The van der Waals surface area contributed by atoms with Crippen molar-refractivity contribution < 1.29 is 99.2 Å². The third kappa shape index (κ3) is 23.4. The molecule has 145 heavy (non-hydrogen) atoms. The zero-order chi connectivity index (χ0) is 103. The van der Waals surface area contributed by atoms with Crippen LogP contribution in [0.2, 0.25) is 0 Å². The Bertz CT molecular complexity index is 7300. The highest BCUT2D eigenvalue weighted by Gasteiger charge is 2.46. The number of halogens is 4. The quantitative estimate of drug-likeness (QED) is 0.00356. The van der Waals surface area contributed by atoms with Gasteiger partial charge in [-0.1, -0.05) is 167 Å². The first-order valence-corrected chi connectivity index (χ1v) is 53.4. The van der Waals surface area contributed by atoms with Crippen LogP contribution >= 0.6 is 0 Å². The van der Waals surface area contributed by atoms with Crippen LogP contribution in [-0.2, 0) is 90.9 Å². The van der Waals surface area contributed by atoms with Crippen molar-refractivity contribution in [2.45, 2.75) is 182 Å². The number of amides is 5. The summed E-state index contributed by atoms with van der Waals surface area (Å²) in [6, 6.07) is 59.2. The number of alkyl carbamates (subject to hydrolysis) is 1. The number of nitrogens with one attached hydrogen (secondary N) is 5. The van der Waals surface area contributed by atoms with Gasteiger partial charge in [0.2, 0.25) is 56.1 Å². The summed E-state index contributed by atoms with van der Waals surface area (Å²) in [4.78, 5) is 86.6. The minimum atomic E-state index is -4.57. The average molecular weight is 2040 g/mol. The Balaban J connectivity index is 0.504. The number of carbonyl (C=O) groups is 6. The molecule has 6 heterocycles. The van der Waals surface area contributed by atoms with Crippen molar-refractivity contribution in [1.82, 2.24) is 35.5 Å². The summed E-state index contributed by atoms with van der Waals surface area (Å²) in [7, 11) is -13.2. The zero-order valence-electron chi connectivity index (χ0n) is 81.3. The van der Waals surface area contributed by atoms with Crippen LogP contribution in [-0.4, -0.2) is 162 Å². The molecule has 1 fully saturated rings. The van der Waals surface area contributed by atoms with Gasteiger partial charge in [-0.3, -0.25) is 33.1 Å². The highest BCUT2D eigenvalue weighted by Crippen LogP contribution is 2.51. The molecule has 0 radical (unpaired) electrons. The summed E-state index contributed by atoms with van der Waals surface area (Å²) in [5, 5.41) is 15.0. The van der Waals surface area contributed by atoms with Crippen LogP contribution in [0.3, 0.4) is 0 Å². The van der Waals surface area contributed by atoms with E-state index in [0.717, 1.165) is 87.6 Å². The summed E-state index contributed by atoms with van der Waals surface area (Å²) >= 11 is 0. The largest absolute Gasteiger partial charge is 0.479 e. The minimum Gasteiger partial charge on any atom is -0.479 e. The number of Topliss-reactive ketones (excluding diaryl/α,β-unsaturated/α-hetero) is 1. The summed E-state index contributed by atoms with van der Waals surface area (Å²) in [6.07, 6.45) is 14.2. The van der Waals surface area contributed by atoms with Gasteiger partial charge in [-0.15, -0.1) is 0 Å². The third-order valence-electron chi connectivity index (χ3n) is 27.9. The molecule has 16 rings (SSSR count). The van der Waals surface area contributed by atoms with Gasteiger partial charge in [0.1, 0.15) is 42.7 Å². The number of anilines is 3. The van der Waals surface area contributed by atoms with Crippen LogP contribution in [0.4, 0.5) is 50.8 Å². The molecule has 34 heteroatoms. The molecular formula is C111H118F4N10O17S3+2. The van der Waals surface area contributed by atoms with Gasteiger partial charge in [0.25, 0.3) is 26.1 Å². The molecule has 0 unspecified atom stereocenters. The Kier molecular flexibility index (Phi) is 32.5. The van der Waals surface area contributed by atoms with E-state index >= 15 is 26.0 Å². The maximum Gasteiger partial charge on any atom is 0.408 e. The molecule has 5 amide bonds. The maximum atomic E-state index is 16.1. The number of rotatable bonds is 41. The predicted octanol–water partition coefficient (Wildman–Crippen LogP) is 17.8. The van der Waals surface area contributed by atoms with Crippen LogP contribution in [0.5, 0.6) is 5.75 Å². The van der Waals surface area contributed by atoms with Gasteiger partial charge < -0.3 is 50.3 Å². The average Bonchev–Trinajstić information content (AvgIpc) is 1.41. The number of allylic oxidation sites excluding steroid dienone is 6. The topological polar surface area (TPSA) is 353 Å². The lowest BCUT2D eigenvalue weighted by Gasteiger charge is -2.31. The van der Waals surface area contributed by atoms with Gasteiger partial charge in [0.15, 0.2) is 35.4 Å². The molecule has 7 aliphatic rings. The van der Waals surface area contributed by atoms with E-state index in [1.165, 1.54) is 39.7 Å². The molecule has 9 aromatic carbocycles. The van der Waals surface area contributed by atoms with Gasteiger partial charge in [-0.2, -0.15) is 39.1 Å². The van der Waals surface area contributed by atoms with Crippen molar-refractivity contribution in [3.8, 4) is 28.2 Å². The smallest absolute Gasteiger partial charge is 0.408 e.